The monoisotopic (exact) mass is 649 g/mol. The lowest BCUT2D eigenvalue weighted by atomic mass is 9.74. The average molecular weight is 651 g/mol. The molecule has 4 aromatic carbocycles. The first kappa shape index (κ1) is 31.5. The molecular weight excluding hydrogens is 615 g/mol. The van der Waals surface area contributed by atoms with Gasteiger partial charge in [-0.25, -0.2) is 8.78 Å². The van der Waals surface area contributed by atoms with Crippen LogP contribution >= 0.6 is 23.2 Å². The van der Waals surface area contributed by atoms with Crippen molar-refractivity contribution >= 4 is 51.5 Å². The van der Waals surface area contributed by atoms with Crippen molar-refractivity contribution in [2.45, 2.75) is 37.5 Å². The van der Waals surface area contributed by atoms with Crippen molar-refractivity contribution in [1.82, 2.24) is 9.80 Å². The first-order valence-electron chi connectivity index (χ1n) is 15.2. The van der Waals surface area contributed by atoms with Crippen LogP contribution in [0.2, 0.25) is 10.0 Å². The van der Waals surface area contributed by atoms with Crippen LogP contribution in [0.25, 0.3) is 10.8 Å². The van der Waals surface area contributed by atoms with Crippen molar-refractivity contribution in [2.24, 2.45) is 0 Å². The van der Waals surface area contributed by atoms with Gasteiger partial charge in [0.2, 0.25) is 5.91 Å². The van der Waals surface area contributed by atoms with Gasteiger partial charge in [0.15, 0.2) is 0 Å². The number of halogens is 4. The molecule has 45 heavy (non-hydrogen) atoms. The number of amides is 2. The van der Waals surface area contributed by atoms with E-state index in [1.54, 1.807) is 72.3 Å². The molecule has 9 heteroatoms. The molecule has 2 heterocycles. The van der Waals surface area contributed by atoms with Crippen molar-refractivity contribution in [2.75, 3.05) is 44.7 Å². The highest BCUT2D eigenvalue weighted by Gasteiger charge is 2.46. The molecule has 2 aliphatic heterocycles. The van der Waals surface area contributed by atoms with Crippen LogP contribution in [0.15, 0.2) is 72.8 Å². The van der Waals surface area contributed by atoms with Gasteiger partial charge in [-0.05, 0) is 97.9 Å². The topological polar surface area (TPSA) is 43.9 Å². The fourth-order valence-corrected chi connectivity index (χ4v) is 7.40. The van der Waals surface area contributed by atoms with Crippen LogP contribution in [0.4, 0.5) is 14.5 Å². The summed E-state index contributed by atoms with van der Waals surface area (Å²) in [5, 5.41) is 1.93. The van der Waals surface area contributed by atoms with Crippen molar-refractivity contribution in [3.63, 3.8) is 0 Å². The van der Waals surface area contributed by atoms with Crippen LogP contribution in [0.5, 0.6) is 0 Å². The first-order chi connectivity index (χ1) is 21.6. The van der Waals surface area contributed by atoms with E-state index in [0.29, 0.717) is 39.5 Å². The molecule has 1 fully saturated rings. The lowest BCUT2D eigenvalue weighted by Crippen LogP contribution is -2.46. The van der Waals surface area contributed by atoms with Gasteiger partial charge in [0.1, 0.15) is 11.6 Å². The fourth-order valence-electron chi connectivity index (χ4n) is 7.09. The molecule has 2 amide bonds. The Bertz CT molecular complexity index is 1770. The summed E-state index contributed by atoms with van der Waals surface area (Å²) in [5.74, 6) is -0.886. The molecule has 0 aliphatic carbocycles. The molecule has 5 nitrogen and oxygen atoms in total. The van der Waals surface area contributed by atoms with Gasteiger partial charge in [0.25, 0.3) is 5.91 Å². The fraction of sp³-hybridized carbons (Fsp3) is 0.333. The summed E-state index contributed by atoms with van der Waals surface area (Å²) in [6, 6.07) is 20.3. The van der Waals surface area contributed by atoms with Gasteiger partial charge in [-0.1, -0.05) is 53.5 Å². The second-order valence-corrected chi connectivity index (χ2v) is 13.2. The van der Waals surface area contributed by atoms with E-state index in [2.05, 4.69) is 4.90 Å². The lowest BCUT2D eigenvalue weighted by Gasteiger charge is -2.40. The summed E-state index contributed by atoms with van der Waals surface area (Å²) in [7, 11) is 1.77. The predicted molar refractivity (Wildman–Crippen MR) is 176 cm³/mol. The Balaban J connectivity index is 1.18. The van der Waals surface area contributed by atoms with E-state index in [1.807, 2.05) is 12.1 Å². The van der Waals surface area contributed by atoms with Crippen molar-refractivity contribution in [3.8, 4) is 0 Å². The van der Waals surface area contributed by atoms with E-state index in [-0.39, 0.29) is 34.8 Å². The van der Waals surface area contributed by atoms with Crippen LogP contribution in [0.3, 0.4) is 0 Å². The zero-order valence-corrected chi connectivity index (χ0v) is 26.8. The number of likely N-dealkylation sites (N-methyl/N-ethyl adjacent to an activating group) is 1. The number of rotatable bonds is 7. The maximum absolute atomic E-state index is 14.5. The SMILES string of the molecule is CC(=O)N1CC2(CCN(CC[C@H](CN(C)C(=O)c3ccc(F)c4ccccc34)c3ccc(Cl)c(Cl)c3)CC2)c2cc(F)ccc21. The Kier molecular flexibility index (Phi) is 8.88. The molecule has 1 saturated heterocycles. The zero-order chi connectivity index (χ0) is 31.9. The minimum absolute atomic E-state index is 0.0288. The minimum Gasteiger partial charge on any atom is -0.341 e. The summed E-state index contributed by atoms with van der Waals surface area (Å²) in [6.07, 6.45) is 2.40. The van der Waals surface area contributed by atoms with Gasteiger partial charge in [-0.3, -0.25) is 9.59 Å². The molecule has 4 aromatic rings. The van der Waals surface area contributed by atoms with E-state index in [1.165, 1.54) is 12.1 Å². The Morgan fingerprint density at radius 2 is 1.67 bits per heavy atom. The van der Waals surface area contributed by atoms with E-state index >= 15 is 0 Å². The molecule has 0 aromatic heterocycles. The number of hydrogen-bond acceptors (Lipinski definition) is 3. The van der Waals surface area contributed by atoms with E-state index in [4.69, 9.17) is 23.2 Å². The number of fused-ring (bicyclic) bond motifs is 3. The maximum atomic E-state index is 14.5. The Labute approximate surface area is 272 Å². The number of carbonyl (C=O) groups is 2. The second kappa shape index (κ2) is 12.7. The zero-order valence-electron chi connectivity index (χ0n) is 25.3. The molecular formula is C36H35Cl2F2N3O2. The van der Waals surface area contributed by atoms with Gasteiger partial charge in [0, 0.05) is 55.0 Å². The molecule has 6 rings (SSSR count). The smallest absolute Gasteiger partial charge is 0.254 e. The van der Waals surface area contributed by atoms with Crippen molar-refractivity contribution in [1.29, 1.82) is 0 Å². The molecule has 234 valence electrons. The van der Waals surface area contributed by atoms with Crippen LogP contribution in [-0.2, 0) is 10.2 Å². The third kappa shape index (κ3) is 6.18. The molecule has 1 atom stereocenters. The summed E-state index contributed by atoms with van der Waals surface area (Å²) < 4.78 is 28.8. The summed E-state index contributed by atoms with van der Waals surface area (Å²) in [5.41, 5.74) is 2.93. The summed E-state index contributed by atoms with van der Waals surface area (Å²) in [6.45, 7) is 4.98. The number of hydrogen-bond donors (Lipinski definition) is 0. The number of nitrogens with zero attached hydrogens (tertiary/aromatic N) is 3. The third-order valence-corrected chi connectivity index (χ3v) is 10.4. The maximum Gasteiger partial charge on any atom is 0.254 e. The Hall–Kier alpha value is -3.52. The van der Waals surface area contributed by atoms with Crippen molar-refractivity contribution in [3.05, 3.63) is 111 Å². The molecule has 0 saturated carbocycles. The van der Waals surface area contributed by atoms with E-state index in [9.17, 15) is 18.4 Å². The highest BCUT2D eigenvalue weighted by molar-refractivity contribution is 6.42. The van der Waals surface area contributed by atoms with Crippen molar-refractivity contribution < 1.29 is 18.4 Å². The average Bonchev–Trinajstić information content (AvgIpc) is 3.34. The molecule has 1 spiro atoms. The largest absolute Gasteiger partial charge is 0.341 e. The van der Waals surface area contributed by atoms with Gasteiger partial charge < -0.3 is 14.7 Å². The van der Waals surface area contributed by atoms with Gasteiger partial charge >= 0.3 is 0 Å². The number of anilines is 1. The highest BCUT2D eigenvalue weighted by atomic mass is 35.5. The van der Waals surface area contributed by atoms with Crippen LogP contribution in [-0.4, -0.2) is 61.4 Å². The first-order valence-corrected chi connectivity index (χ1v) is 16.0. The molecule has 2 aliphatic rings. The molecule has 0 unspecified atom stereocenters. The lowest BCUT2D eigenvalue weighted by molar-refractivity contribution is -0.116. The Morgan fingerprint density at radius 1 is 0.933 bits per heavy atom. The summed E-state index contributed by atoms with van der Waals surface area (Å²) in [4.78, 5) is 32.0. The number of piperidine rings is 1. The number of likely N-dealkylation sites (tertiary alicyclic amines) is 1. The third-order valence-electron chi connectivity index (χ3n) is 9.63. The quantitative estimate of drug-likeness (QED) is 0.203. The van der Waals surface area contributed by atoms with Gasteiger partial charge in [0.05, 0.1) is 10.0 Å². The Morgan fingerprint density at radius 3 is 2.38 bits per heavy atom. The van der Waals surface area contributed by atoms with Gasteiger partial charge in [-0.2, -0.15) is 0 Å². The predicted octanol–water partition coefficient (Wildman–Crippen LogP) is 8.07. The van der Waals surface area contributed by atoms with Crippen LogP contribution in [0, 0.1) is 11.6 Å². The van der Waals surface area contributed by atoms with Crippen LogP contribution < -0.4 is 4.90 Å². The number of benzene rings is 4. The molecule has 0 N–H and O–H groups in total. The second-order valence-electron chi connectivity index (χ2n) is 12.4. The number of carbonyl (C=O) groups excluding carboxylic acids is 2. The van der Waals surface area contributed by atoms with Gasteiger partial charge in [-0.15, -0.1) is 0 Å². The normalized spacial score (nSPS) is 16.6. The summed E-state index contributed by atoms with van der Waals surface area (Å²) >= 11 is 12.7. The van der Waals surface area contributed by atoms with Crippen LogP contribution in [0.1, 0.15) is 53.6 Å². The molecule has 0 radical (unpaired) electrons. The minimum atomic E-state index is -0.359. The molecule has 0 bridgehead atoms. The highest BCUT2D eigenvalue weighted by Crippen LogP contribution is 2.47. The van der Waals surface area contributed by atoms with E-state index in [0.717, 1.165) is 55.7 Å². The van der Waals surface area contributed by atoms with E-state index < -0.39 is 0 Å². The standard InChI is InChI=1S/C36H35Cl2F2N3O2/c1-23(44)43-22-36(30-20-26(39)8-12-34(30)43)14-17-42(18-15-36)16-13-25(24-7-10-31(37)32(38)19-24)21-41(2)35(45)29-9-11-33(40)28-6-4-3-5-27(28)29/h3-12,19-20,25H,13-18,21-22H2,1-2H3/t25-/m1/s1.